The Kier molecular flexibility index (Phi) is 6.57. The molecule has 1 amide bonds. The molecule has 0 radical (unpaired) electrons. The highest BCUT2D eigenvalue weighted by atomic mass is 16.2. The monoisotopic (exact) mass is 467 g/mol. The Morgan fingerprint density at radius 1 is 1.03 bits per heavy atom. The number of benzene rings is 2. The molecule has 1 saturated heterocycles. The number of nitrogens with one attached hydrogen (secondary N) is 1. The van der Waals surface area contributed by atoms with Crippen LogP contribution in [0.3, 0.4) is 0 Å². The van der Waals surface area contributed by atoms with E-state index in [2.05, 4.69) is 10.3 Å². The van der Waals surface area contributed by atoms with Crippen molar-refractivity contribution in [2.45, 2.75) is 32.9 Å². The van der Waals surface area contributed by atoms with Crippen LogP contribution >= 0.6 is 0 Å². The lowest BCUT2D eigenvalue weighted by Crippen LogP contribution is -2.45. The highest BCUT2D eigenvalue weighted by Crippen LogP contribution is 2.22. The van der Waals surface area contributed by atoms with Crippen LogP contribution in [0.2, 0.25) is 0 Å². The van der Waals surface area contributed by atoms with Crippen LogP contribution in [0.4, 0.5) is 5.82 Å². The Hall–Kier alpha value is -4.00. The molecule has 35 heavy (non-hydrogen) atoms. The molecule has 7 heteroatoms. The standard InChI is InChI=1S/C28H29N5O2/c1-20-11-13-21(14-12-20)17-30-27(34)23-9-6-16-32(19-23)26-28(35)33(18-22-7-3-2-4-8-22)25-24(31-26)10-5-15-29-25/h2-5,7-8,10-15,23H,6,9,16-19H2,1H3,(H,30,34)/t23-/m0/s1. The van der Waals surface area contributed by atoms with Gasteiger partial charge in [-0.1, -0.05) is 60.2 Å². The number of fused-ring (bicyclic) bond motifs is 1. The first kappa shape index (κ1) is 22.8. The summed E-state index contributed by atoms with van der Waals surface area (Å²) in [4.78, 5) is 37.7. The summed E-state index contributed by atoms with van der Waals surface area (Å²) < 4.78 is 1.69. The summed E-state index contributed by atoms with van der Waals surface area (Å²) in [6.07, 6.45) is 3.30. The predicted octanol–water partition coefficient (Wildman–Crippen LogP) is 3.68. The molecule has 2 aromatic heterocycles. The first-order valence-electron chi connectivity index (χ1n) is 12.1. The van der Waals surface area contributed by atoms with Gasteiger partial charge in [-0.25, -0.2) is 9.97 Å². The van der Waals surface area contributed by atoms with Gasteiger partial charge in [0.1, 0.15) is 5.52 Å². The van der Waals surface area contributed by atoms with Gasteiger partial charge in [-0.15, -0.1) is 0 Å². The fourth-order valence-electron chi connectivity index (χ4n) is 4.60. The molecule has 4 aromatic rings. The Morgan fingerprint density at radius 2 is 1.83 bits per heavy atom. The summed E-state index contributed by atoms with van der Waals surface area (Å²) in [5.74, 6) is 0.211. The number of piperidine rings is 1. The number of aromatic nitrogens is 3. The van der Waals surface area contributed by atoms with Gasteiger partial charge in [-0.05, 0) is 43.0 Å². The van der Waals surface area contributed by atoms with E-state index in [-0.39, 0.29) is 17.4 Å². The summed E-state index contributed by atoms with van der Waals surface area (Å²) in [5.41, 5.74) is 4.34. The zero-order chi connectivity index (χ0) is 24.2. The Morgan fingerprint density at radius 3 is 2.63 bits per heavy atom. The zero-order valence-electron chi connectivity index (χ0n) is 19.9. The number of rotatable bonds is 6. The van der Waals surface area contributed by atoms with Gasteiger partial charge in [-0.3, -0.25) is 14.2 Å². The molecule has 1 aliphatic rings. The van der Waals surface area contributed by atoms with Crippen molar-refractivity contribution in [1.82, 2.24) is 19.9 Å². The maximum Gasteiger partial charge on any atom is 0.295 e. The molecule has 0 bridgehead atoms. The van der Waals surface area contributed by atoms with Crippen molar-refractivity contribution in [1.29, 1.82) is 0 Å². The summed E-state index contributed by atoms with van der Waals surface area (Å²) in [6.45, 7) is 4.13. The third-order valence-corrected chi connectivity index (χ3v) is 6.55. The van der Waals surface area contributed by atoms with Crippen molar-refractivity contribution >= 4 is 22.9 Å². The van der Waals surface area contributed by atoms with Crippen molar-refractivity contribution in [3.05, 3.63) is 100.0 Å². The van der Waals surface area contributed by atoms with Gasteiger partial charge in [0.05, 0.1) is 12.5 Å². The van der Waals surface area contributed by atoms with Crippen LogP contribution < -0.4 is 15.8 Å². The van der Waals surface area contributed by atoms with Crippen LogP contribution in [0.5, 0.6) is 0 Å². The van der Waals surface area contributed by atoms with Crippen molar-refractivity contribution in [2.24, 2.45) is 5.92 Å². The lowest BCUT2D eigenvalue weighted by atomic mass is 9.97. The van der Waals surface area contributed by atoms with Crippen LogP contribution in [0.1, 0.15) is 29.5 Å². The van der Waals surface area contributed by atoms with Crippen molar-refractivity contribution in [3.63, 3.8) is 0 Å². The summed E-state index contributed by atoms with van der Waals surface area (Å²) in [6, 6.07) is 21.7. The van der Waals surface area contributed by atoms with Crippen molar-refractivity contribution in [3.8, 4) is 0 Å². The Labute approximate surface area is 204 Å². The molecular formula is C28H29N5O2. The minimum Gasteiger partial charge on any atom is -0.352 e. The fraction of sp³-hybridized carbons (Fsp3) is 0.286. The van der Waals surface area contributed by atoms with E-state index in [9.17, 15) is 9.59 Å². The van der Waals surface area contributed by atoms with Gasteiger partial charge in [0.25, 0.3) is 5.56 Å². The molecule has 1 N–H and O–H groups in total. The van der Waals surface area contributed by atoms with Gasteiger partial charge < -0.3 is 10.2 Å². The number of hydrogen-bond donors (Lipinski definition) is 1. The maximum atomic E-state index is 13.6. The van der Waals surface area contributed by atoms with Crippen molar-refractivity contribution in [2.75, 3.05) is 18.0 Å². The van der Waals surface area contributed by atoms with E-state index < -0.39 is 0 Å². The molecule has 5 rings (SSSR count). The van der Waals surface area contributed by atoms with Gasteiger partial charge >= 0.3 is 0 Å². The van der Waals surface area contributed by atoms with E-state index in [0.29, 0.717) is 43.2 Å². The smallest absolute Gasteiger partial charge is 0.295 e. The van der Waals surface area contributed by atoms with Gasteiger partial charge in [0.2, 0.25) is 5.91 Å². The Balaban J connectivity index is 1.38. The van der Waals surface area contributed by atoms with Gasteiger partial charge in [0, 0.05) is 25.8 Å². The number of nitrogens with zero attached hydrogens (tertiary/aromatic N) is 4. The number of aryl methyl sites for hydroxylation is 1. The SMILES string of the molecule is Cc1ccc(CNC(=O)[C@H]2CCCN(c3nc4cccnc4n(Cc4ccccc4)c3=O)C2)cc1. The number of hydrogen-bond acceptors (Lipinski definition) is 5. The second kappa shape index (κ2) is 10.1. The first-order chi connectivity index (χ1) is 17.1. The third kappa shape index (κ3) is 5.09. The average molecular weight is 468 g/mol. The average Bonchev–Trinajstić information content (AvgIpc) is 2.90. The molecule has 2 aromatic carbocycles. The lowest BCUT2D eigenvalue weighted by Gasteiger charge is -2.32. The molecule has 178 valence electrons. The van der Waals surface area contributed by atoms with E-state index in [1.807, 2.05) is 78.6 Å². The van der Waals surface area contributed by atoms with E-state index in [1.54, 1.807) is 10.8 Å². The van der Waals surface area contributed by atoms with Crippen LogP contribution in [-0.2, 0) is 17.9 Å². The molecule has 0 unspecified atom stereocenters. The number of carbonyl (C=O) groups excluding carboxylic acids is 1. The van der Waals surface area contributed by atoms with Crippen LogP contribution in [0.15, 0.2) is 77.7 Å². The van der Waals surface area contributed by atoms with Crippen LogP contribution in [-0.4, -0.2) is 33.5 Å². The molecule has 0 aliphatic carbocycles. The topological polar surface area (TPSA) is 80.1 Å². The highest BCUT2D eigenvalue weighted by molar-refractivity contribution is 5.79. The van der Waals surface area contributed by atoms with Crippen molar-refractivity contribution < 1.29 is 4.79 Å². The molecule has 7 nitrogen and oxygen atoms in total. The van der Waals surface area contributed by atoms with Gasteiger partial charge in [0.15, 0.2) is 11.5 Å². The minimum atomic E-state index is -0.192. The maximum absolute atomic E-state index is 13.6. The summed E-state index contributed by atoms with van der Waals surface area (Å²) in [5, 5.41) is 3.07. The van der Waals surface area contributed by atoms with E-state index in [4.69, 9.17) is 4.98 Å². The Bertz CT molecular complexity index is 1380. The minimum absolute atomic E-state index is 0.0161. The highest BCUT2D eigenvalue weighted by Gasteiger charge is 2.28. The number of anilines is 1. The molecule has 1 atom stereocenters. The third-order valence-electron chi connectivity index (χ3n) is 6.55. The largest absolute Gasteiger partial charge is 0.352 e. The number of amides is 1. The predicted molar refractivity (Wildman–Crippen MR) is 137 cm³/mol. The van der Waals surface area contributed by atoms with Crippen LogP contribution in [0, 0.1) is 12.8 Å². The fourth-order valence-corrected chi connectivity index (χ4v) is 4.60. The van der Waals surface area contributed by atoms with E-state index >= 15 is 0 Å². The molecule has 1 aliphatic heterocycles. The zero-order valence-corrected chi connectivity index (χ0v) is 19.9. The summed E-state index contributed by atoms with van der Waals surface area (Å²) >= 11 is 0. The number of carbonyl (C=O) groups is 1. The quantitative estimate of drug-likeness (QED) is 0.468. The van der Waals surface area contributed by atoms with E-state index in [1.165, 1.54) is 5.56 Å². The molecule has 1 fully saturated rings. The molecular weight excluding hydrogens is 438 g/mol. The van der Waals surface area contributed by atoms with E-state index in [0.717, 1.165) is 24.0 Å². The number of pyridine rings is 1. The first-order valence-corrected chi connectivity index (χ1v) is 12.1. The van der Waals surface area contributed by atoms with Gasteiger partial charge in [-0.2, -0.15) is 0 Å². The molecule has 3 heterocycles. The summed E-state index contributed by atoms with van der Waals surface area (Å²) in [7, 11) is 0. The molecule has 0 saturated carbocycles. The lowest BCUT2D eigenvalue weighted by molar-refractivity contribution is -0.125. The normalized spacial score (nSPS) is 15.8. The van der Waals surface area contributed by atoms with Crippen LogP contribution in [0.25, 0.3) is 11.2 Å². The second-order valence-corrected chi connectivity index (χ2v) is 9.15. The second-order valence-electron chi connectivity index (χ2n) is 9.15. The molecule has 0 spiro atoms.